The molecule has 9 nitrogen and oxygen atoms in total. The Bertz CT molecular complexity index is 623. The standard InChI is InChI=1S/C22H30O9/c23-19-21-13-16-14(21)18-15(21)17(13)22(16,18)20(24)31-12-10-29-8-6-27-4-2-25-1-3-26-5-7-28-9-11-30-19/h13-18H,1-12H2. The summed E-state index contributed by atoms with van der Waals surface area (Å²) in [4.78, 5) is 25.5. The molecule has 0 radical (unpaired) electrons. The lowest BCUT2D eigenvalue weighted by atomic mass is 8.92. The van der Waals surface area contributed by atoms with E-state index in [1.165, 1.54) is 0 Å². The van der Waals surface area contributed by atoms with Crippen molar-refractivity contribution in [3.8, 4) is 0 Å². The van der Waals surface area contributed by atoms with Gasteiger partial charge in [-0.2, -0.15) is 0 Å². The molecule has 172 valence electrons. The van der Waals surface area contributed by atoms with Gasteiger partial charge in [0.15, 0.2) is 0 Å². The van der Waals surface area contributed by atoms with Gasteiger partial charge in [-0.3, -0.25) is 9.59 Å². The van der Waals surface area contributed by atoms with Gasteiger partial charge in [0.25, 0.3) is 0 Å². The highest BCUT2D eigenvalue weighted by molar-refractivity contribution is 5.96. The lowest BCUT2D eigenvalue weighted by molar-refractivity contribution is -0.628. The Morgan fingerprint density at radius 1 is 0.419 bits per heavy atom. The first-order chi connectivity index (χ1) is 15.3. The van der Waals surface area contributed by atoms with Gasteiger partial charge in [-0.05, 0) is 35.5 Å². The van der Waals surface area contributed by atoms with Crippen LogP contribution in [-0.2, 0) is 42.7 Å². The molecule has 31 heavy (non-hydrogen) atoms. The van der Waals surface area contributed by atoms with Crippen molar-refractivity contribution in [2.45, 2.75) is 0 Å². The van der Waals surface area contributed by atoms with Crippen molar-refractivity contribution >= 4 is 11.9 Å². The van der Waals surface area contributed by atoms with Gasteiger partial charge >= 0.3 is 11.9 Å². The zero-order chi connectivity index (χ0) is 21.1. The second-order valence-electron chi connectivity index (χ2n) is 9.35. The molecule has 1 saturated heterocycles. The predicted molar refractivity (Wildman–Crippen MR) is 102 cm³/mol. The smallest absolute Gasteiger partial charge is 0.313 e. The molecular formula is C22H30O9. The van der Waals surface area contributed by atoms with Crippen LogP contribution in [0.3, 0.4) is 0 Å². The summed E-state index contributed by atoms with van der Waals surface area (Å²) >= 11 is 0. The lowest BCUT2D eigenvalue weighted by Crippen LogP contribution is -3.12. The number of carbonyl (C=O) groups excluding carboxylic acids is 2. The Morgan fingerprint density at radius 2 is 0.645 bits per heavy atom. The molecule has 0 amide bonds. The molecule has 1 heterocycles. The van der Waals surface area contributed by atoms with Crippen molar-refractivity contribution in [3.05, 3.63) is 0 Å². The largest absolute Gasteiger partial charge is 0.463 e. The molecular weight excluding hydrogens is 408 g/mol. The molecule has 7 rings (SSSR count). The van der Waals surface area contributed by atoms with E-state index >= 15 is 0 Å². The average Bonchev–Trinajstić information content (AvgIpc) is 2.79. The minimum absolute atomic E-state index is 0.0731. The van der Waals surface area contributed by atoms with Crippen LogP contribution < -0.4 is 0 Å². The van der Waals surface area contributed by atoms with Gasteiger partial charge in [0.05, 0.1) is 76.9 Å². The molecule has 0 aromatic heterocycles. The fraction of sp³-hybridized carbons (Fsp3) is 0.909. The van der Waals surface area contributed by atoms with Gasteiger partial charge in [0.1, 0.15) is 13.2 Å². The first kappa shape index (κ1) is 20.4. The highest BCUT2D eigenvalue weighted by Crippen LogP contribution is 3.10. The summed E-state index contributed by atoms with van der Waals surface area (Å²) in [5.41, 5.74) is -0.555. The van der Waals surface area contributed by atoms with E-state index in [2.05, 4.69) is 0 Å². The Balaban J connectivity index is 0.997. The second kappa shape index (κ2) is 7.66. The molecule has 0 unspecified atom stereocenters. The molecule has 7 aliphatic rings. The van der Waals surface area contributed by atoms with Crippen molar-refractivity contribution in [3.63, 3.8) is 0 Å². The molecule has 7 fully saturated rings. The zero-order valence-corrected chi connectivity index (χ0v) is 17.6. The second-order valence-corrected chi connectivity index (χ2v) is 9.35. The summed E-state index contributed by atoms with van der Waals surface area (Å²) in [7, 11) is 0. The normalized spacial score (nSPS) is 49.9. The van der Waals surface area contributed by atoms with Gasteiger partial charge in [-0.25, -0.2) is 0 Å². The number of esters is 2. The van der Waals surface area contributed by atoms with Crippen molar-refractivity contribution in [2.75, 3.05) is 79.3 Å². The first-order valence-electron chi connectivity index (χ1n) is 11.5. The monoisotopic (exact) mass is 438 g/mol. The number of rotatable bonds is 0. The zero-order valence-electron chi connectivity index (χ0n) is 17.6. The van der Waals surface area contributed by atoms with Crippen LogP contribution in [0.5, 0.6) is 0 Å². The summed E-state index contributed by atoms with van der Waals surface area (Å²) < 4.78 is 38.4. The fourth-order valence-electron chi connectivity index (χ4n) is 7.96. The maximum Gasteiger partial charge on any atom is 0.313 e. The van der Waals surface area contributed by atoms with Crippen LogP contribution in [-0.4, -0.2) is 91.2 Å². The van der Waals surface area contributed by atoms with E-state index in [0.717, 1.165) is 0 Å². The van der Waals surface area contributed by atoms with E-state index in [1.54, 1.807) is 0 Å². The third kappa shape index (κ3) is 2.39. The SMILES string of the molecule is O=C1OCCOCCOCCOCCOCCOCCOC(=O)C23C4C5C2C2C3C4C152. The van der Waals surface area contributed by atoms with Crippen molar-refractivity contribution in [1.82, 2.24) is 0 Å². The topological polar surface area (TPSA) is 98.8 Å². The van der Waals surface area contributed by atoms with Gasteiger partial charge in [-0.15, -0.1) is 0 Å². The molecule has 0 aromatic rings. The van der Waals surface area contributed by atoms with Crippen LogP contribution in [0.25, 0.3) is 0 Å². The Kier molecular flexibility index (Phi) is 5.03. The molecule has 2 spiro atoms. The van der Waals surface area contributed by atoms with Gasteiger partial charge in [0.2, 0.25) is 0 Å². The highest BCUT2D eigenvalue weighted by Gasteiger charge is 3.13. The number of carbonyl (C=O) groups is 2. The quantitative estimate of drug-likeness (QED) is 0.481. The number of cyclic esters (lactones) is 2. The average molecular weight is 438 g/mol. The summed E-state index contributed by atoms with van der Waals surface area (Å²) in [5, 5.41) is 0. The van der Waals surface area contributed by atoms with Gasteiger partial charge < -0.3 is 33.2 Å². The van der Waals surface area contributed by atoms with Crippen molar-refractivity contribution in [1.29, 1.82) is 0 Å². The molecule has 0 N–H and O–H groups in total. The van der Waals surface area contributed by atoms with Crippen molar-refractivity contribution in [2.24, 2.45) is 46.3 Å². The third-order valence-electron chi connectivity index (χ3n) is 8.75. The Hall–Kier alpha value is -1.26. The molecule has 6 aliphatic carbocycles. The molecule has 9 heteroatoms. The first-order valence-corrected chi connectivity index (χ1v) is 11.5. The Morgan fingerprint density at radius 3 is 0.903 bits per heavy atom. The van der Waals surface area contributed by atoms with E-state index in [1.807, 2.05) is 0 Å². The van der Waals surface area contributed by atoms with Crippen LogP contribution in [0.2, 0.25) is 0 Å². The summed E-state index contributed by atoms with van der Waals surface area (Å²) in [5.74, 6) is 1.89. The van der Waals surface area contributed by atoms with Crippen LogP contribution in [0.4, 0.5) is 0 Å². The molecule has 0 aromatic carbocycles. The number of ether oxygens (including phenoxy) is 7. The summed E-state index contributed by atoms with van der Waals surface area (Å²) in [6, 6.07) is 0. The van der Waals surface area contributed by atoms with E-state index in [4.69, 9.17) is 33.2 Å². The summed E-state index contributed by atoms with van der Waals surface area (Å²) in [6.07, 6.45) is 0. The highest BCUT2D eigenvalue weighted by atomic mass is 16.6. The van der Waals surface area contributed by atoms with Crippen LogP contribution in [0, 0.1) is 46.3 Å². The molecule has 6 saturated carbocycles. The van der Waals surface area contributed by atoms with Crippen LogP contribution in [0.15, 0.2) is 0 Å². The van der Waals surface area contributed by atoms with E-state index in [0.29, 0.717) is 102 Å². The van der Waals surface area contributed by atoms with Gasteiger partial charge in [0, 0.05) is 0 Å². The minimum Gasteiger partial charge on any atom is -0.463 e. The molecule has 0 atom stereocenters. The van der Waals surface area contributed by atoms with E-state index in [9.17, 15) is 9.59 Å². The predicted octanol–water partition coefficient (Wildman–Crippen LogP) is -0.0926. The maximum absolute atomic E-state index is 12.8. The van der Waals surface area contributed by atoms with Crippen LogP contribution >= 0.6 is 0 Å². The van der Waals surface area contributed by atoms with Gasteiger partial charge in [-0.1, -0.05) is 0 Å². The maximum atomic E-state index is 12.8. The van der Waals surface area contributed by atoms with Crippen molar-refractivity contribution < 1.29 is 42.7 Å². The lowest BCUT2D eigenvalue weighted by Gasteiger charge is -3.08. The van der Waals surface area contributed by atoms with E-state index < -0.39 is 0 Å². The van der Waals surface area contributed by atoms with Crippen LogP contribution in [0.1, 0.15) is 0 Å². The number of hydrogen-bond donors (Lipinski definition) is 0. The third-order valence-corrected chi connectivity index (χ3v) is 8.75. The summed E-state index contributed by atoms with van der Waals surface area (Å²) in [6.45, 7) is 5.13. The molecule has 1 aliphatic heterocycles. The molecule has 4 bridgehead atoms. The Labute approximate surface area is 180 Å². The van der Waals surface area contributed by atoms with E-state index in [-0.39, 0.29) is 36.0 Å². The number of hydrogen-bond acceptors (Lipinski definition) is 9. The minimum atomic E-state index is -0.277. The fourth-order valence-corrected chi connectivity index (χ4v) is 7.96.